The average molecular weight is 397 g/mol. The Balaban J connectivity index is 1.77. The van der Waals surface area contributed by atoms with Crippen molar-refractivity contribution < 1.29 is 9.53 Å². The molecule has 0 spiro atoms. The van der Waals surface area contributed by atoms with Gasteiger partial charge in [0.25, 0.3) is 0 Å². The van der Waals surface area contributed by atoms with Crippen LogP contribution in [-0.4, -0.2) is 22.5 Å². The summed E-state index contributed by atoms with van der Waals surface area (Å²) in [5.74, 6) is 0.700. The van der Waals surface area contributed by atoms with Crippen molar-refractivity contribution in [2.24, 2.45) is 0 Å². The first kappa shape index (κ1) is 19.6. The van der Waals surface area contributed by atoms with Crippen molar-refractivity contribution in [3.05, 3.63) is 76.4 Å². The average Bonchev–Trinajstić information content (AvgIpc) is 2.68. The lowest BCUT2D eigenvalue weighted by atomic mass is 10.2. The van der Waals surface area contributed by atoms with Crippen molar-refractivity contribution in [3.8, 4) is 0 Å². The minimum absolute atomic E-state index is 0.318. The van der Waals surface area contributed by atoms with Gasteiger partial charge in [-0.15, -0.1) is 0 Å². The highest BCUT2D eigenvalue weighted by atomic mass is 35.5. The standard InChI is InChI=1S/C21H21ClN4O2/c1-3-28-20(27)17-6-4-5-7-18(17)25-19-12-14(2)24-21(26-19)23-13-15-8-10-16(22)11-9-15/h4-12H,3,13H2,1-2H3,(H2,23,24,25,26). The third-order valence-electron chi connectivity index (χ3n) is 3.90. The number of benzene rings is 2. The Morgan fingerprint density at radius 1 is 1.11 bits per heavy atom. The molecule has 3 rings (SSSR count). The van der Waals surface area contributed by atoms with E-state index >= 15 is 0 Å². The maximum atomic E-state index is 12.2. The number of aryl methyl sites for hydroxylation is 1. The number of aromatic nitrogens is 2. The number of halogens is 1. The summed E-state index contributed by atoms with van der Waals surface area (Å²) in [5.41, 5.74) is 2.94. The van der Waals surface area contributed by atoms with Crippen molar-refractivity contribution in [1.82, 2.24) is 9.97 Å². The number of para-hydroxylation sites is 1. The molecule has 0 fully saturated rings. The molecule has 28 heavy (non-hydrogen) atoms. The second kappa shape index (κ2) is 9.19. The van der Waals surface area contributed by atoms with Crippen molar-refractivity contribution in [2.75, 3.05) is 17.2 Å². The summed E-state index contributed by atoms with van der Waals surface area (Å²) in [7, 11) is 0. The van der Waals surface area contributed by atoms with E-state index in [4.69, 9.17) is 16.3 Å². The number of nitrogens with zero attached hydrogens (tertiary/aromatic N) is 2. The van der Waals surface area contributed by atoms with Crippen LogP contribution in [0.25, 0.3) is 0 Å². The molecule has 2 N–H and O–H groups in total. The van der Waals surface area contributed by atoms with E-state index in [2.05, 4.69) is 20.6 Å². The van der Waals surface area contributed by atoms with Crippen molar-refractivity contribution in [3.63, 3.8) is 0 Å². The zero-order chi connectivity index (χ0) is 19.9. The van der Waals surface area contributed by atoms with Crippen LogP contribution in [0.4, 0.5) is 17.5 Å². The van der Waals surface area contributed by atoms with Crippen LogP contribution in [0.15, 0.2) is 54.6 Å². The number of carbonyl (C=O) groups excluding carboxylic acids is 1. The van der Waals surface area contributed by atoms with E-state index in [9.17, 15) is 4.79 Å². The van der Waals surface area contributed by atoms with Gasteiger partial charge in [-0.25, -0.2) is 9.78 Å². The highest BCUT2D eigenvalue weighted by Gasteiger charge is 2.13. The predicted molar refractivity (Wildman–Crippen MR) is 111 cm³/mol. The Morgan fingerprint density at radius 3 is 2.61 bits per heavy atom. The van der Waals surface area contributed by atoms with E-state index in [1.807, 2.05) is 49.4 Å². The number of esters is 1. The molecule has 144 valence electrons. The highest BCUT2D eigenvalue weighted by Crippen LogP contribution is 2.22. The molecule has 0 aliphatic heterocycles. The van der Waals surface area contributed by atoms with Crippen LogP contribution < -0.4 is 10.6 Å². The van der Waals surface area contributed by atoms with E-state index < -0.39 is 0 Å². The van der Waals surface area contributed by atoms with Crippen LogP contribution in [0.3, 0.4) is 0 Å². The Morgan fingerprint density at radius 2 is 1.86 bits per heavy atom. The van der Waals surface area contributed by atoms with E-state index in [0.29, 0.717) is 41.2 Å². The topological polar surface area (TPSA) is 76.1 Å². The molecule has 1 heterocycles. The van der Waals surface area contributed by atoms with Gasteiger partial charge < -0.3 is 15.4 Å². The molecule has 7 heteroatoms. The molecular formula is C21H21ClN4O2. The predicted octanol–water partition coefficient (Wildman–Crippen LogP) is 4.97. The summed E-state index contributed by atoms with van der Waals surface area (Å²) < 4.78 is 5.12. The van der Waals surface area contributed by atoms with Crippen molar-refractivity contribution in [2.45, 2.75) is 20.4 Å². The number of anilines is 3. The monoisotopic (exact) mass is 396 g/mol. The fraction of sp³-hybridized carbons (Fsp3) is 0.190. The molecular weight excluding hydrogens is 376 g/mol. The number of nitrogens with one attached hydrogen (secondary N) is 2. The molecule has 0 saturated heterocycles. The van der Waals surface area contributed by atoms with Crippen molar-refractivity contribution >= 4 is 35.0 Å². The SMILES string of the molecule is CCOC(=O)c1ccccc1Nc1cc(C)nc(NCc2ccc(Cl)cc2)n1. The smallest absolute Gasteiger partial charge is 0.340 e. The van der Waals surface area contributed by atoms with Gasteiger partial charge in [-0.1, -0.05) is 35.9 Å². The number of hydrogen-bond acceptors (Lipinski definition) is 6. The summed E-state index contributed by atoms with van der Waals surface area (Å²) in [4.78, 5) is 21.1. The zero-order valence-corrected chi connectivity index (χ0v) is 16.5. The second-order valence-electron chi connectivity index (χ2n) is 6.09. The van der Waals surface area contributed by atoms with E-state index in [0.717, 1.165) is 11.3 Å². The maximum absolute atomic E-state index is 12.2. The van der Waals surface area contributed by atoms with Gasteiger partial charge >= 0.3 is 5.97 Å². The molecule has 0 radical (unpaired) electrons. The number of hydrogen-bond donors (Lipinski definition) is 2. The van der Waals surface area contributed by atoms with Gasteiger partial charge in [0.1, 0.15) is 5.82 Å². The van der Waals surface area contributed by atoms with Gasteiger partial charge in [-0.05, 0) is 43.7 Å². The molecule has 2 aromatic carbocycles. The summed E-state index contributed by atoms with van der Waals surface area (Å²) in [6.07, 6.45) is 0. The summed E-state index contributed by atoms with van der Waals surface area (Å²) >= 11 is 5.92. The Kier molecular flexibility index (Phi) is 6.45. The Labute approximate surface area is 168 Å². The largest absolute Gasteiger partial charge is 0.462 e. The summed E-state index contributed by atoms with van der Waals surface area (Å²) in [6.45, 7) is 4.55. The molecule has 6 nitrogen and oxygen atoms in total. The lowest BCUT2D eigenvalue weighted by molar-refractivity contribution is 0.0527. The quantitative estimate of drug-likeness (QED) is 0.549. The van der Waals surface area contributed by atoms with Gasteiger partial charge in [0.05, 0.1) is 17.9 Å². The van der Waals surface area contributed by atoms with E-state index in [1.54, 1.807) is 19.1 Å². The number of carbonyl (C=O) groups is 1. The third-order valence-corrected chi connectivity index (χ3v) is 4.16. The van der Waals surface area contributed by atoms with Crippen LogP contribution in [0.5, 0.6) is 0 Å². The third kappa shape index (κ3) is 5.20. The van der Waals surface area contributed by atoms with E-state index in [-0.39, 0.29) is 5.97 Å². The second-order valence-corrected chi connectivity index (χ2v) is 6.53. The van der Waals surface area contributed by atoms with Crippen molar-refractivity contribution in [1.29, 1.82) is 0 Å². The van der Waals surface area contributed by atoms with Gasteiger partial charge in [0.15, 0.2) is 0 Å². The number of ether oxygens (including phenoxy) is 1. The fourth-order valence-corrected chi connectivity index (χ4v) is 2.74. The van der Waals surface area contributed by atoms with Gasteiger partial charge in [-0.2, -0.15) is 4.98 Å². The van der Waals surface area contributed by atoms with E-state index in [1.165, 1.54) is 0 Å². The molecule has 0 aliphatic carbocycles. The van der Waals surface area contributed by atoms with Crippen LogP contribution in [0.2, 0.25) is 5.02 Å². The molecule has 0 bridgehead atoms. The minimum atomic E-state index is -0.377. The number of rotatable bonds is 7. The Bertz CT molecular complexity index is 961. The molecule has 0 amide bonds. The van der Waals surface area contributed by atoms with Gasteiger partial charge in [0.2, 0.25) is 5.95 Å². The molecule has 0 atom stereocenters. The van der Waals surface area contributed by atoms with Gasteiger partial charge in [0, 0.05) is 23.3 Å². The highest BCUT2D eigenvalue weighted by molar-refractivity contribution is 6.30. The molecule has 0 unspecified atom stereocenters. The van der Waals surface area contributed by atoms with Crippen LogP contribution in [-0.2, 0) is 11.3 Å². The fourth-order valence-electron chi connectivity index (χ4n) is 2.61. The van der Waals surface area contributed by atoms with Crippen LogP contribution in [0.1, 0.15) is 28.5 Å². The summed E-state index contributed by atoms with van der Waals surface area (Å²) in [6, 6.07) is 16.6. The van der Waals surface area contributed by atoms with Crippen LogP contribution in [0, 0.1) is 6.92 Å². The minimum Gasteiger partial charge on any atom is -0.462 e. The molecule has 0 saturated carbocycles. The van der Waals surface area contributed by atoms with Gasteiger partial charge in [-0.3, -0.25) is 0 Å². The zero-order valence-electron chi connectivity index (χ0n) is 15.7. The van der Waals surface area contributed by atoms with Crippen LogP contribution >= 0.6 is 11.6 Å². The first-order valence-electron chi connectivity index (χ1n) is 8.92. The normalized spacial score (nSPS) is 10.4. The maximum Gasteiger partial charge on any atom is 0.340 e. The molecule has 0 aliphatic rings. The lowest BCUT2D eigenvalue weighted by Crippen LogP contribution is -2.09. The first-order chi connectivity index (χ1) is 13.5. The Hall–Kier alpha value is -3.12. The summed E-state index contributed by atoms with van der Waals surface area (Å²) in [5, 5.41) is 7.09. The lowest BCUT2D eigenvalue weighted by Gasteiger charge is -2.12. The molecule has 3 aromatic rings. The first-order valence-corrected chi connectivity index (χ1v) is 9.30. The molecule has 1 aromatic heterocycles.